The molecule has 0 fully saturated rings. The van der Waals surface area contributed by atoms with Crippen molar-refractivity contribution in [2.75, 3.05) is 19.8 Å². The number of carbonyl (C=O) groups excluding carboxylic acids is 1. The zero-order chi connectivity index (χ0) is 25.0. The van der Waals surface area contributed by atoms with Crippen molar-refractivity contribution in [2.24, 2.45) is 0 Å². The summed E-state index contributed by atoms with van der Waals surface area (Å²) in [6, 6.07) is 3.13. The Morgan fingerprint density at radius 3 is 2.58 bits per heavy atom. The van der Waals surface area contributed by atoms with Crippen LogP contribution in [0.3, 0.4) is 0 Å². The number of aliphatic hydroxyl groups excluding tert-OH is 1. The van der Waals surface area contributed by atoms with Crippen molar-refractivity contribution < 1.29 is 32.8 Å². The maximum Gasteiger partial charge on any atom is 0.410 e. The van der Waals surface area contributed by atoms with Gasteiger partial charge in [0, 0.05) is 12.6 Å². The molecule has 33 heavy (non-hydrogen) atoms. The van der Waals surface area contributed by atoms with Crippen LogP contribution < -0.4 is 0 Å². The number of aliphatic hydroxyl groups is 1. The van der Waals surface area contributed by atoms with Gasteiger partial charge in [-0.1, -0.05) is 34.3 Å². The summed E-state index contributed by atoms with van der Waals surface area (Å²) in [5, 5.41) is 21.2. The molecule has 2 rings (SSSR count). The molecule has 0 bridgehead atoms. The van der Waals surface area contributed by atoms with E-state index in [9.17, 15) is 28.4 Å². The van der Waals surface area contributed by atoms with E-state index in [1.54, 1.807) is 27.7 Å². The van der Waals surface area contributed by atoms with Crippen LogP contribution in [0.2, 0.25) is 0 Å². The van der Waals surface area contributed by atoms with Crippen molar-refractivity contribution in [1.82, 2.24) is 9.37 Å². The van der Waals surface area contributed by atoms with Gasteiger partial charge < -0.3 is 9.84 Å². The minimum absolute atomic E-state index is 0.209. The highest BCUT2D eigenvalue weighted by atomic mass is 32.2. The zero-order valence-corrected chi connectivity index (χ0v) is 19.8. The zero-order valence-electron chi connectivity index (χ0n) is 19.0. The highest BCUT2D eigenvalue weighted by Crippen LogP contribution is 2.32. The number of amides is 1. The number of sulfonamides is 1. The lowest BCUT2D eigenvalue weighted by Crippen LogP contribution is -2.56. The van der Waals surface area contributed by atoms with Crippen LogP contribution in [0.5, 0.6) is 0 Å². The molecular weight excluding hydrogens is 454 g/mol. The molecule has 1 aliphatic rings. The van der Waals surface area contributed by atoms with E-state index in [1.807, 2.05) is 0 Å². The van der Waals surface area contributed by atoms with Gasteiger partial charge in [-0.25, -0.2) is 13.2 Å². The molecule has 182 valence electrons. The predicted octanol–water partition coefficient (Wildman–Crippen LogP) is 2.63. The molecule has 2 unspecified atom stereocenters. The average molecular weight is 484 g/mol. The summed E-state index contributed by atoms with van der Waals surface area (Å²) in [7, 11) is -4.55. The van der Waals surface area contributed by atoms with Crippen LogP contribution in [0, 0.1) is 10.1 Å². The average Bonchev–Trinajstić information content (AvgIpc) is 2.73. The van der Waals surface area contributed by atoms with E-state index in [4.69, 9.17) is 9.57 Å². The fourth-order valence-corrected chi connectivity index (χ4v) is 4.88. The molecule has 11 nitrogen and oxygen atoms in total. The Morgan fingerprint density at radius 2 is 2.03 bits per heavy atom. The molecule has 2 atom stereocenters. The Balaban J connectivity index is 2.55. The number of nitro groups is 1. The van der Waals surface area contributed by atoms with Gasteiger partial charge in [0.25, 0.3) is 15.7 Å². The maximum absolute atomic E-state index is 13.5. The number of hydroxylamine groups is 1. The molecular formula is C21H29N3O8S. The van der Waals surface area contributed by atoms with Crippen molar-refractivity contribution in [3.8, 4) is 0 Å². The van der Waals surface area contributed by atoms with Crippen LogP contribution in [0.25, 0.3) is 0 Å². The topological polar surface area (TPSA) is 140 Å². The Labute approximate surface area is 193 Å². The summed E-state index contributed by atoms with van der Waals surface area (Å²) in [4.78, 5) is 29.6. The van der Waals surface area contributed by atoms with Gasteiger partial charge in [-0.05, 0) is 33.8 Å². The molecule has 1 aliphatic heterocycles. The van der Waals surface area contributed by atoms with Gasteiger partial charge in [0.15, 0.2) is 4.90 Å². The summed E-state index contributed by atoms with van der Waals surface area (Å²) in [5.41, 5.74) is -0.946. The summed E-state index contributed by atoms with van der Waals surface area (Å²) in [6.07, 6.45) is 2.12. The standard InChI is InChI=1S/C21H29N3O8S/c1-6-11-31-24(33(29,30)19-10-8-7-9-17(19)23(27)28)18-13-22(16(14-25)12-15(18)2)20(26)32-21(3,4)5/h6-10,12,16,18,25H,1,11,13-14H2,2-5H3. The fourth-order valence-electron chi connectivity index (χ4n) is 3.26. The number of benzene rings is 1. The summed E-state index contributed by atoms with van der Waals surface area (Å²) in [5.74, 6) is 0. The molecule has 1 aromatic carbocycles. The summed E-state index contributed by atoms with van der Waals surface area (Å²) in [6.45, 7) is 9.36. The minimum Gasteiger partial charge on any atom is -0.444 e. The molecule has 0 spiro atoms. The van der Waals surface area contributed by atoms with Crippen LogP contribution in [-0.4, -0.2) is 71.4 Å². The number of para-hydroxylation sites is 1. The third kappa shape index (κ3) is 6.16. The first kappa shape index (κ1) is 26.5. The van der Waals surface area contributed by atoms with E-state index in [0.717, 1.165) is 12.1 Å². The maximum atomic E-state index is 13.5. The van der Waals surface area contributed by atoms with E-state index in [-0.39, 0.29) is 13.2 Å². The van der Waals surface area contributed by atoms with E-state index >= 15 is 0 Å². The van der Waals surface area contributed by atoms with Gasteiger partial charge in [0.2, 0.25) is 0 Å². The van der Waals surface area contributed by atoms with Crippen LogP contribution in [0.1, 0.15) is 27.7 Å². The molecule has 1 amide bonds. The van der Waals surface area contributed by atoms with Crippen molar-refractivity contribution in [3.05, 3.63) is 58.7 Å². The second-order valence-electron chi connectivity index (χ2n) is 8.38. The Morgan fingerprint density at radius 1 is 1.39 bits per heavy atom. The van der Waals surface area contributed by atoms with Crippen molar-refractivity contribution in [3.63, 3.8) is 0 Å². The van der Waals surface area contributed by atoms with Crippen LogP contribution in [0.15, 0.2) is 53.5 Å². The van der Waals surface area contributed by atoms with Crippen molar-refractivity contribution in [1.29, 1.82) is 0 Å². The lowest BCUT2D eigenvalue weighted by atomic mass is 10.0. The van der Waals surface area contributed by atoms with Gasteiger partial charge >= 0.3 is 6.09 Å². The molecule has 12 heteroatoms. The number of hydrogen-bond acceptors (Lipinski definition) is 8. The number of hydrogen-bond donors (Lipinski definition) is 1. The molecule has 1 N–H and O–H groups in total. The normalized spacial score (nSPS) is 19.2. The summed E-state index contributed by atoms with van der Waals surface area (Å²) < 4.78 is 33.1. The first-order chi connectivity index (χ1) is 15.3. The quantitative estimate of drug-likeness (QED) is 0.338. The third-order valence-electron chi connectivity index (χ3n) is 4.72. The second kappa shape index (κ2) is 10.4. The second-order valence-corrected chi connectivity index (χ2v) is 10.1. The first-order valence-electron chi connectivity index (χ1n) is 10.1. The molecule has 1 heterocycles. The number of nitro benzene ring substituents is 1. The molecule has 0 aliphatic carbocycles. The lowest BCUT2D eigenvalue weighted by molar-refractivity contribution is -0.388. The largest absolute Gasteiger partial charge is 0.444 e. The number of carbonyl (C=O) groups is 1. The first-order valence-corrected chi connectivity index (χ1v) is 11.6. The van der Waals surface area contributed by atoms with Crippen LogP contribution >= 0.6 is 0 Å². The van der Waals surface area contributed by atoms with Gasteiger partial charge in [0.05, 0.1) is 30.2 Å². The smallest absolute Gasteiger partial charge is 0.410 e. The molecule has 0 aromatic heterocycles. The molecule has 0 radical (unpaired) electrons. The van der Waals surface area contributed by atoms with Crippen LogP contribution in [-0.2, 0) is 19.6 Å². The van der Waals surface area contributed by atoms with E-state index < -0.39 is 55.9 Å². The Bertz CT molecular complexity index is 1030. The van der Waals surface area contributed by atoms with E-state index in [2.05, 4.69) is 6.58 Å². The van der Waals surface area contributed by atoms with Crippen molar-refractivity contribution >= 4 is 21.8 Å². The summed E-state index contributed by atoms with van der Waals surface area (Å²) >= 11 is 0. The SMILES string of the molecule is C=CCON(C1CN(C(=O)OC(C)(C)C)C(CO)C=C1C)S(=O)(=O)c1ccccc1[N+](=O)[O-]. The molecule has 1 aromatic rings. The third-order valence-corrected chi connectivity index (χ3v) is 6.45. The number of rotatable bonds is 8. The van der Waals surface area contributed by atoms with Crippen molar-refractivity contribution in [2.45, 2.75) is 50.3 Å². The fraction of sp³-hybridized carbons (Fsp3) is 0.476. The Hall–Kier alpha value is -2.80. The highest BCUT2D eigenvalue weighted by Gasteiger charge is 2.43. The number of nitrogens with zero attached hydrogens (tertiary/aromatic N) is 3. The number of ether oxygens (including phenoxy) is 1. The van der Waals surface area contributed by atoms with Gasteiger partial charge in [0.1, 0.15) is 5.60 Å². The lowest BCUT2D eigenvalue weighted by Gasteiger charge is -2.40. The van der Waals surface area contributed by atoms with Crippen LogP contribution in [0.4, 0.5) is 10.5 Å². The Kier molecular flexibility index (Phi) is 8.36. The van der Waals surface area contributed by atoms with E-state index in [0.29, 0.717) is 10.0 Å². The predicted molar refractivity (Wildman–Crippen MR) is 120 cm³/mol. The molecule has 0 saturated heterocycles. The van der Waals surface area contributed by atoms with Gasteiger partial charge in [-0.2, -0.15) is 0 Å². The van der Waals surface area contributed by atoms with Gasteiger partial charge in [-0.15, -0.1) is 6.58 Å². The minimum atomic E-state index is -4.55. The highest BCUT2D eigenvalue weighted by molar-refractivity contribution is 7.89. The molecule has 0 saturated carbocycles. The van der Waals surface area contributed by atoms with Gasteiger partial charge in [-0.3, -0.25) is 19.9 Å². The monoisotopic (exact) mass is 483 g/mol. The van der Waals surface area contributed by atoms with E-state index in [1.165, 1.54) is 29.2 Å².